The van der Waals surface area contributed by atoms with Crippen LogP contribution < -0.4 is 10.6 Å². The molecule has 0 radical (unpaired) electrons. The van der Waals surface area contributed by atoms with E-state index in [-0.39, 0.29) is 24.0 Å². The van der Waals surface area contributed by atoms with Crippen molar-refractivity contribution in [1.82, 2.24) is 25.4 Å². The van der Waals surface area contributed by atoms with Crippen LogP contribution in [-0.2, 0) is 18.3 Å². The van der Waals surface area contributed by atoms with Crippen molar-refractivity contribution in [3.63, 3.8) is 0 Å². The molecule has 1 heterocycles. The topological polar surface area (TPSA) is 76.4 Å². The van der Waals surface area contributed by atoms with E-state index in [0.717, 1.165) is 49.5 Å². The van der Waals surface area contributed by atoms with E-state index >= 15 is 0 Å². The molecule has 0 aliphatic carbocycles. The number of thioether (sulfide) groups is 1. The highest BCUT2D eigenvalue weighted by atomic mass is 127. The third-order valence-corrected chi connectivity index (χ3v) is 3.82. The van der Waals surface area contributed by atoms with Gasteiger partial charge in [0.1, 0.15) is 12.4 Å². The van der Waals surface area contributed by atoms with E-state index in [1.54, 1.807) is 0 Å². The maximum atomic E-state index is 5.34. The maximum Gasteiger partial charge on any atom is 0.191 e. The van der Waals surface area contributed by atoms with Gasteiger partial charge >= 0.3 is 0 Å². The second-order valence-electron chi connectivity index (χ2n) is 4.78. The molecule has 0 fully saturated rings. The summed E-state index contributed by atoms with van der Waals surface area (Å²) in [6.45, 7) is 7.47. The third-order valence-electron chi connectivity index (χ3n) is 3.12. The predicted octanol–water partition coefficient (Wildman–Crippen LogP) is 1.57. The van der Waals surface area contributed by atoms with Crippen molar-refractivity contribution < 1.29 is 4.74 Å². The van der Waals surface area contributed by atoms with Crippen molar-refractivity contribution in [2.75, 3.05) is 38.3 Å². The van der Waals surface area contributed by atoms with Crippen molar-refractivity contribution in [1.29, 1.82) is 0 Å². The quantitative estimate of drug-likeness (QED) is 0.241. The molecule has 0 saturated carbocycles. The van der Waals surface area contributed by atoms with Crippen molar-refractivity contribution in [3.8, 4) is 0 Å². The molecule has 0 unspecified atom stereocenters. The van der Waals surface area contributed by atoms with Gasteiger partial charge in [-0.1, -0.05) is 0 Å². The molecule has 0 aromatic carbocycles. The summed E-state index contributed by atoms with van der Waals surface area (Å²) in [7, 11) is 1.95. The number of hydrogen-bond acceptors (Lipinski definition) is 5. The Kier molecular flexibility index (Phi) is 13.5. The number of ether oxygens (including phenoxy) is 1. The first kappa shape index (κ1) is 22.4. The van der Waals surface area contributed by atoms with Crippen LogP contribution in [0.15, 0.2) is 4.99 Å². The van der Waals surface area contributed by atoms with E-state index < -0.39 is 0 Å². The van der Waals surface area contributed by atoms with Gasteiger partial charge in [-0.25, -0.2) is 4.99 Å². The largest absolute Gasteiger partial charge is 0.380 e. The fraction of sp³-hybridized carbons (Fsp3) is 0.786. The second kappa shape index (κ2) is 13.8. The van der Waals surface area contributed by atoms with Gasteiger partial charge in [0.25, 0.3) is 0 Å². The molecule has 0 atom stereocenters. The van der Waals surface area contributed by atoms with E-state index in [2.05, 4.69) is 32.1 Å². The molecule has 0 bridgehead atoms. The molecule has 2 N–H and O–H groups in total. The van der Waals surface area contributed by atoms with Crippen molar-refractivity contribution in [2.24, 2.45) is 12.0 Å². The van der Waals surface area contributed by atoms with Crippen LogP contribution in [-0.4, -0.2) is 59.0 Å². The van der Waals surface area contributed by atoms with Gasteiger partial charge in [-0.3, -0.25) is 0 Å². The summed E-state index contributed by atoms with van der Waals surface area (Å²) in [6.07, 6.45) is 3.22. The Morgan fingerprint density at radius 1 is 1.30 bits per heavy atom. The van der Waals surface area contributed by atoms with Crippen molar-refractivity contribution in [3.05, 3.63) is 11.6 Å². The van der Waals surface area contributed by atoms with Crippen LogP contribution in [0.2, 0.25) is 0 Å². The van der Waals surface area contributed by atoms with Gasteiger partial charge in [0.15, 0.2) is 11.8 Å². The van der Waals surface area contributed by atoms with E-state index in [1.165, 1.54) is 0 Å². The minimum absolute atomic E-state index is 0. The Bertz CT molecular complexity index is 440. The highest BCUT2D eigenvalue weighted by Crippen LogP contribution is 1.99. The summed E-state index contributed by atoms with van der Waals surface area (Å²) in [6, 6.07) is 0. The van der Waals surface area contributed by atoms with Crippen LogP contribution in [0.3, 0.4) is 0 Å². The highest BCUT2D eigenvalue weighted by molar-refractivity contribution is 14.0. The first-order valence-corrected chi connectivity index (χ1v) is 9.02. The van der Waals surface area contributed by atoms with Gasteiger partial charge < -0.3 is 19.9 Å². The van der Waals surface area contributed by atoms with Crippen LogP contribution in [0, 0.1) is 6.92 Å². The molecular formula is C14H29IN6OS. The average Bonchev–Trinajstić information content (AvgIpc) is 2.84. The zero-order chi connectivity index (χ0) is 16.2. The number of aliphatic imine (C=N–C) groups is 1. The smallest absolute Gasteiger partial charge is 0.191 e. The van der Waals surface area contributed by atoms with Crippen LogP contribution in [0.1, 0.15) is 25.0 Å². The lowest BCUT2D eigenvalue weighted by Crippen LogP contribution is -2.39. The molecule has 1 aromatic heterocycles. The van der Waals surface area contributed by atoms with Gasteiger partial charge in [0, 0.05) is 26.7 Å². The molecule has 0 aliphatic heterocycles. The normalized spacial score (nSPS) is 11.2. The zero-order valence-electron chi connectivity index (χ0n) is 14.5. The summed E-state index contributed by atoms with van der Waals surface area (Å²) in [4.78, 5) is 4.57. The number of hydrogen-bond donors (Lipinski definition) is 2. The van der Waals surface area contributed by atoms with E-state index in [0.29, 0.717) is 13.2 Å². The SMILES string of the molecule is CCOCCNC(=NCc1nnc(C)n1C)NCCCSC.I. The molecule has 1 rings (SSSR count). The lowest BCUT2D eigenvalue weighted by atomic mass is 10.5. The number of aryl methyl sites for hydroxylation is 1. The molecule has 0 saturated heterocycles. The van der Waals surface area contributed by atoms with Crippen LogP contribution in [0.25, 0.3) is 0 Å². The Morgan fingerprint density at radius 3 is 2.65 bits per heavy atom. The van der Waals surface area contributed by atoms with E-state index in [4.69, 9.17) is 4.74 Å². The number of guanidine groups is 1. The first-order chi connectivity index (χ1) is 10.7. The number of rotatable bonds is 10. The molecule has 7 nitrogen and oxygen atoms in total. The fourth-order valence-corrected chi connectivity index (χ4v) is 2.16. The maximum absolute atomic E-state index is 5.34. The Labute approximate surface area is 160 Å². The Balaban J connectivity index is 0.00000484. The lowest BCUT2D eigenvalue weighted by Gasteiger charge is -2.12. The Morgan fingerprint density at radius 2 is 2.04 bits per heavy atom. The lowest BCUT2D eigenvalue weighted by molar-refractivity contribution is 0.152. The summed E-state index contributed by atoms with van der Waals surface area (Å²) >= 11 is 1.85. The predicted molar refractivity (Wildman–Crippen MR) is 108 cm³/mol. The monoisotopic (exact) mass is 456 g/mol. The third kappa shape index (κ3) is 9.36. The second-order valence-corrected chi connectivity index (χ2v) is 5.77. The highest BCUT2D eigenvalue weighted by Gasteiger charge is 2.05. The number of nitrogens with zero attached hydrogens (tertiary/aromatic N) is 4. The van der Waals surface area contributed by atoms with E-state index in [9.17, 15) is 0 Å². The fourth-order valence-electron chi connectivity index (χ4n) is 1.72. The summed E-state index contributed by atoms with van der Waals surface area (Å²) in [5.41, 5.74) is 0. The molecule has 0 spiro atoms. The molecule has 23 heavy (non-hydrogen) atoms. The zero-order valence-corrected chi connectivity index (χ0v) is 17.6. The van der Waals surface area contributed by atoms with Gasteiger partial charge in [0.05, 0.1) is 6.61 Å². The molecule has 1 aromatic rings. The molecule has 134 valence electrons. The number of halogens is 1. The summed E-state index contributed by atoms with van der Waals surface area (Å²) in [5, 5.41) is 14.8. The number of nitrogens with one attached hydrogen (secondary N) is 2. The minimum Gasteiger partial charge on any atom is -0.380 e. The molecule has 9 heteroatoms. The van der Waals surface area contributed by atoms with Crippen molar-refractivity contribution in [2.45, 2.75) is 26.8 Å². The van der Waals surface area contributed by atoms with Gasteiger partial charge in [-0.2, -0.15) is 11.8 Å². The minimum atomic E-state index is 0. The van der Waals surface area contributed by atoms with Crippen LogP contribution in [0.5, 0.6) is 0 Å². The summed E-state index contributed by atoms with van der Waals surface area (Å²) < 4.78 is 7.29. The van der Waals surface area contributed by atoms with Gasteiger partial charge in [-0.15, -0.1) is 34.2 Å². The van der Waals surface area contributed by atoms with Gasteiger partial charge in [-0.05, 0) is 32.3 Å². The molecular weight excluding hydrogens is 427 g/mol. The molecule has 0 amide bonds. The summed E-state index contributed by atoms with van der Waals surface area (Å²) in [5.74, 6) is 3.68. The first-order valence-electron chi connectivity index (χ1n) is 7.62. The van der Waals surface area contributed by atoms with Crippen LogP contribution in [0.4, 0.5) is 0 Å². The Hall–Kier alpha value is -0.550. The van der Waals surface area contributed by atoms with Crippen LogP contribution >= 0.6 is 35.7 Å². The molecule has 0 aliphatic rings. The van der Waals surface area contributed by atoms with E-state index in [1.807, 2.05) is 37.2 Å². The average molecular weight is 456 g/mol. The van der Waals surface area contributed by atoms with Gasteiger partial charge in [0.2, 0.25) is 0 Å². The van der Waals surface area contributed by atoms with Crippen molar-refractivity contribution >= 4 is 41.7 Å². The standard InChI is InChI=1S/C14H28N6OS.HI/c1-5-21-9-8-16-14(15-7-6-10-22-4)17-11-13-19-18-12(2)20(13)3;/h5-11H2,1-4H3,(H2,15,16,17);1H. The number of aromatic nitrogens is 3.